The predicted molar refractivity (Wildman–Crippen MR) is 71.0 cm³/mol. The maximum Gasteiger partial charge on any atom is 0.141 e. The lowest BCUT2D eigenvalue weighted by molar-refractivity contribution is 0.304. The molecule has 19 heavy (non-hydrogen) atoms. The van der Waals surface area contributed by atoms with Crippen LogP contribution in [0.15, 0.2) is 36.7 Å². The van der Waals surface area contributed by atoms with Gasteiger partial charge < -0.3 is 10.5 Å². The highest BCUT2D eigenvalue weighted by Gasteiger charge is 2.08. The highest BCUT2D eigenvalue weighted by molar-refractivity contribution is 6.30. The van der Waals surface area contributed by atoms with E-state index in [-0.39, 0.29) is 12.4 Å². The van der Waals surface area contributed by atoms with Crippen LogP contribution in [0.5, 0.6) is 5.75 Å². The van der Waals surface area contributed by atoms with E-state index in [0.29, 0.717) is 21.9 Å². The molecule has 0 saturated heterocycles. The predicted octanol–water partition coefficient (Wildman–Crippen LogP) is 2.74. The number of ether oxygens (including phenoxy) is 1. The van der Waals surface area contributed by atoms with Crippen LogP contribution in [-0.2, 0) is 6.61 Å². The van der Waals surface area contributed by atoms with E-state index in [1.807, 2.05) is 0 Å². The van der Waals surface area contributed by atoms with E-state index < -0.39 is 5.82 Å². The monoisotopic (exact) mass is 279 g/mol. The molecular weight excluding hydrogens is 269 g/mol. The summed E-state index contributed by atoms with van der Waals surface area (Å²) in [5.74, 6) is -0.174. The topological polar surface area (TPSA) is 72.0 Å². The minimum Gasteiger partial charge on any atom is -0.488 e. The summed E-state index contributed by atoms with van der Waals surface area (Å²) in [5, 5.41) is 7.92. The van der Waals surface area contributed by atoms with Gasteiger partial charge in [-0.25, -0.2) is 4.39 Å². The zero-order chi connectivity index (χ0) is 13.8. The molecule has 0 aliphatic carbocycles. The number of halogens is 2. The van der Waals surface area contributed by atoms with Gasteiger partial charge in [-0.05, 0) is 24.3 Å². The van der Waals surface area contributed by atoms with Crippen molar-refractivity contribution in [2.24, 2.45) is 5.73 Å². The first-order valence-electron chi connectivity index (χ1n) is 5.42. The van der Waals surface area contributed by atoms with E-state index in [1.165, 1.54) is 12.3 Å². The van der Waals surface area contributed by atoms with Gasteiger partial charge in [0.05, 0.1) is 11.8 Å². The molecule has 0 radical (unpaired) electrons. The van der Waals surface area contributed by atoms with Crippen LogP contribution in [0.4, 0.5) is 4.39 Å². The molecule has 0 amide bonds. The number of hydrogen-bond acceptors (Lipinski definition) is 3. The molecule has 0 spiro atoms. The maximum absolute atomic E-state index is 13.0. The Morgan fingerprint density at radius 2 is 2.16 bits per heavy atom. The Morgan fingerprint density at radius 1 is 1.37 bits per heavy atom. The fourth-order valence-corrected chi connectivity index (χ4v) is 1.70. The average Bonchev–Trinajstić information content (AvgIpc) is 2.36. The van der Waals surface area contributed by atoms with Crippen LogP contribution in [0, 0.1) is 11.2 Å². The van der Waals surface area contributed by atoms with Crippen LogP contribution in [0.1, 0.15) is 11.1 Å². The molecule has 2 rings (SSSR count). The number of nitrogens with two attached hydrogens (primary N) is 1. The van der Waals surface area contributed by atoms with Crippen LogP contribution in [0.2, 0.25) is 5.02 Å². The molecule has 0 unspecified atom stereocenters. The van der Waals surface area contributed by atoms with Crippen LogP contribution in [-0.4, -0.2) is 10.8 Å². The Balaban J connectivity index is 2.19. The number of aromatic nitrogens is 1. The summed E-state index contributed by atoms with van der Waals surface area (Å²) in [6.45, 7) is 0.116. The zero-order valence-corrected chi connectivity index (χ0v) is 10.6. The van der Waals surface area contributed by atoms with Gasteiger partial charge in [0, 0.05) is 16.8 Å². The van der Waals surface area contributed by atoms with E-state index in [1.54, 1.807) is 18.2 Å². The zero-order valence-electron chi connectivity index (χ0n) is 9.86. The summed E-state index contributed by atoms with van der Waals surface area (Å²) in [5.41, 5.74) is 6.46. The summed E-state index contributed by atoms with van der Waals surface area (Å²) in [7, 11) is 0. The van der Waals surface area contributed by atoms with Crippen molar-refractivity contribution in [1.82, 2.24) is 4.98 Å². The maximum atomic E-state index is 13.0. The second kappa shape index (κ2) is 5.67. The van der Waals surface area contributed by atoms with Gasteiger partial charge in [-0.2, -0.15) is 0 Å². The lowest BCUT2D eigenvalue weighted by atomic mass is 10.2. The van der Waals surface area contributed by atoms with Gasteiger partial charge in [0.25, 0.3) is 0 Å². The fourth-order valence-electron chi connectivity index (χ4n) is 1.53. The van der Waals surface area contributed by atoms with Crippen molar-refractivity contribution >= 4 is 17.4 Å². The summed E-state index contributed by atoms with van der Waals surface area (Å²) < 4.78 is 18.5. The van der Waals surface area contributed by atoms with Crippen molar-refractivity contribution in [2.75, 3.05) is 0 Å². The number of benzene rings is 1. The van der Waals surface area contributed by atoms with Crippen LogP contribution < -0.4 is 10.5 Å². The van der Waals surface area contributed by atoms with E-state index in [0.717, 1.165) is 6.20 Å². The number of rotatable bonds is 4. The summed E-state index contributed by atoms with van der Waals surface area (Å²) >= 11 is 5.86. The third kappa shape index (κ3) is 3.42. The summed E-state index contributed by atoms with van der Waals surface area (Å²) in [6.07, 6.45) is 2.62. The second-order valence-corrected chi connectivity index (χ2v) is 4.29. The van der Waals surface area contributed by atoms with Crippen molar-refractivity contribution in [2.45, 2.75) is 6.61 Å². The standard InChI is InChI=1S/C13H11ClFN3O/c14-9-1-2-11(13(16)17)12(4-9)19-7-8-3-10(15)6-18-5-8/h1-6H,7H2,(H3,16,17). The smallest absolute Gasteiger partial charge is 0.141 e. The van der Waals surface area contributed by atoms with Crippen molar-refractivity contribution in [3.05, 3.63) is 58.6 Å². The molecule has 0 aliphatic rings. The molecule has 0 bridgehead atoms. The largest absolute Gasteiger partial charge is 0.488 e. The van der Waals surface area contributed by atoms with Crippen molar-refractivity contribution in [1.29, 1.82) is 5.41 Å². The van der Waals surface area contributed by atoms with E-state index in [2.05, 4.69) is 4.98 Å². The number of pyridine rings is 1. The van der Waals surface area contributed by atoms with Crippen LogP contribution >= 0.6 is 11.6 Å². The van der Waals surface area contributed by atoms with Crippen molar-refractivity contribution < 1.29 is 9.13 Å². The lowest BCUT2D eigenvalue weighted by Gasteiger charge is -2.11. The Morgan fingerprint density at radius 3 is 2.84 bits per heavy atom. The van der Waals surface area contributed by atoms with Gasteiger partial charge in [0.1, 0.15) is 24.0 Å². The van der Waals surface area contributed by atoms with E-state index in [9.17, 15) is 4.39 Å². The SMILES string of the molecule is N=C(N)c1ccc(Cl)cc1OCc1cncc(F)c1. The molecule has 6 heteroatoms. The van der Waals surface area contributed by atoms with E-state index in [4.69, 9.17) is 27.5 Å². The third-order valence-corrected chi connectivity index (χ3v) is 2.62. The molecule has 1 aromatic heterocycles. The first-order valence-corrected chi connectivity index (χ1v) is 5.80. The quantitative estimate of drug-likeness (QED) is 0.668. The Bertz CT molecular complexity index is 619. The molecular formula is C13H11ClFN3O. The Labute approximate surface area is 114 Å². The molecule has 0 saturated carbocycles. The van der Waals surface area contributed by atoms with Gasteiger partial charge in [-0.3, -0.25) is 10.4 Å². The molecule has 1 aromatic carbocycles. The second-order valence-electron chi connectivity index (χ2n) is 3.85. The summed E-state index contributed by atoms with van der Waals surface area (Å²) in [6, 6.07) is 6.11. The Hall–Kier alpha value is -2.14. The number of nitrogens with one attached hydrogen (secondary N) is 1. The van der Waals surface area contributed by atoms with Gasteiger partial charge >= 0.3 is 0 Å². The van der Waals surface area contributed by atoms with Crippen molar-refractivity contribution in [3.8, 4) is 5.75 Å². The Kier molecular flexibility index (Phi) is 3.97. The first-order chi connectivity index (χ1) is 9.06. The molecule has 3 N–H and O–H groups in total. The lowest BCUT2D eigenvalue weighted by Crippen LogP contribution is -2.13. The third-order valence-electron chi connectivity index (χ3n) is 2.39. The highest BCUT2D eigenvalue weighted by Crippen LogP contribution is 2.24. The molecule has 0 atom stereocenters. The van der Waals surface area contributed by atoms with Gasteiger partial charge in [0.15, 0.2) is 0 Å². The van der Waals surface area contributed by atoms with Gasteiger partial charge in [-0.1, -0.05) is 11.6 Å². The fraction of sp³-hybridized carbons (Fsp3) is 0.0769. The first kappa shape index (κ1) is 13.3. The average molecular weight is 280 g/mol. The molecule has 2 aromatic rings. The number of nitrogen functional groups attached to an aromatic ring is 1. The molecule has 0 aliphatic heterocycles. The molecule has 4 nitrogen and oxygen atoms in total. The molecule has 1 heterocycles. The van der Waals surface area contributed by atoms with Crippen LogP contribution in [0.3, 0.4) is 0 Å². The van der Waals surface area contributed by atoms with Gasteiger partial charge in [0.2, 0.25) is 0 Å². The highest BCUT2D eigenvalue weighted by atomic mass is 35.5. The summed E-state index contributed by atoms with van der Waals surface area (Å²) in [4.78, 5) is 3.72. The normalized spacial score (nSPS) is 10.2. The molecule has 98 valence electrons. The minimum atomic E-state index is -0.431. The van der Waals surface area contributed by atoms with E-state index >= 15 is 0 Å². The van der Waals surface area contributed by atoms with Crippen LogP contribution in [0.25, 0.3) is 0 Å². The van der Waals surface area contributed by atoms with Crippen molar-refractivity contribution in [3.63, 3.8) is 0 Å². The number of nitrogens with zero attached hydrogens (tertiary/aromatic N) is 1. The van der Waals surface area contributed by atoms with Gasteiger partial charge in [-0.15, -0.1) is 0 Å². The molecule has 0 fully saturated rings. The minimum absolute atomic E-state index is 0.116. The number of amidine groups is 1. The number of hydrogen-bond donors (Lipinski definition) is 2.